The summed E-state index contributed by atoms with van der Waals surface area (Å²) in [5, 5.41) is 7.23. The van der Waals surface area contributed by atoms with Crippen molar-refractivity contribution < 1.29 is 13.2 Å². The minimum atomic E-state index is -3.28. The fourth-order valence-corrected chi connectivity index (χ4v) is 2.16. The van der Waals surface area contributed by atoms with Gasteiger partial charge in [-0.2, -0.15) is 0 Å². The number of hydrogen-bond acceptors (Lipinski definition) is 5. The molecule has 0 saturated heterocycles. The predicted octanol–water partition coefficient (Wildman–Crippen LogP) is 1.56. The lowest BCUT2D eigenvalue weighted by molar-refractivity contribution is 0.478. The number of nitrogens with one attached hydrogen (secondary N) is 1. The molecule has 0 spiro atoms. The van der Waals surface area contributed by atoms with Crippen molar-refractivity contribution in [2.24, 2.45) is 5.73 Å². The molecule has 2 rings (SSSR count). The number of amidine groups is 1. The molecule has 2 aromatic rings. The molecule has 0 aliphatic rings. The van der Waals surface area contributed by atoms with Crippen LogP contribution in [0.15, 0.2) is 47.5 Å². The summed E-state index contributed by atoms with van der Waals surface area (Å²) >= 11 is 0. The lowest BCUT2D eigenvalue weighted by atomic mass is 10.3. The first-order chi connectivity index (χ1) is 9.36. The summed E-state index contributed by atoms with van der Waals surface area (Å²) in [6.45, 7) is 0. The SMILES string of the molecule is CS(=O)(=O)c1cccc(Oc2ccc(C(=N)N)nc2)c1. The maximum absolute atomic E-state index is 11.5. The highest BCUT2D eigenvalue weighted by molar-refractivity contribution is 7.90. The van der Waals surface area contributed by atoms with Crippen LogP contribution in [0.3, 0.4) is 0 Å². The molecule has 0 aliphatic heterocycles. The van der Waals surface area contributed by atoms with Gasteiger partial charge >= 0.3 is 0 Å². The fourth-order valence-electron chi connectivity index (χ4n) is 1.50. The Morgan fingerprint density at radius 3 is 2.55 bits per heavy atom. The highest BCUT2D eigenvalue weighted by atomic mass is 32.2. The second-order valence-electron chi connectivity index (χ2n) is 4.14. The number of rotatable bonds is 4. The second kappa shape index (κ2) is 5.30. The van der Waals surface area contributed by atoms with E-state index in [4.69, 9.17) is 15.9 Å². The summed E-state index contributed by atoms with van der Waals surface area (Å²) in [6, 6.07) is 9.35. The van der Waals surface area contributed by atoms with Gasteiger partial charge in [-0.15, -0.1) is 0 Å². The van der Waals surface area contributed by atoms with Crippen LogP contribution in [-0.4, -0.2) is 25.5 Å². The number of hydrogen-bond donors (Lipinski definition) is 2. The highest BCUT2D eigenvalue weighted by Gasteiger charge is 2.08. The van der Waals surface area contributed by atoms with E-state index in [0.29, 0.717) is 17.2 Å². The van der Waals surface area contributed by atoms with E-state index in [2.05, 4.69) is 4.98 Å². The van der Waals surface area contributed by atoms with E-state index in [9.17, 15) is 8.42 Å². The van der Waals surface area contributed by atoms with Crippen LogP contribution < -0.4 is 10.5 Å². The number of pyridine rings is 1. The topological polar surface area (TPSA) is 106 Å². The van der Waals surface area contributed by atoms with Crippen LogP contribution in [0, 0.1) is 5.41 Å². The van der Waals surface area contributed by atoms with Gasteiger partial charge in [0.15, 0.2) is 9.84 Å². The molecule has 20 heavy (non-hydrogen) atoms. The van der Waals surface area contributed by atoms with E-state index in [0.717, 1.165) is 6.26 Å². The number of nitrogens with two attached hydrogens (primary N) is 1. The lowest BCUT2D eigenvalue weighted by Gasteiger charge is -2.07. The third kappa shape index (κ3) is 3.33. The molecule has 0 unspecified atom stereocenters. The smallest absolute Gasteiger partial charge is 0.175 e. The van der Waals surface area contributed by atoms with Gasteiger partial charge in [-0.25, -0.2) is 13.4 Å². The summed E-state index contributed by atoms with van der Waals surface area (Å²) < 4.78 is 28.4. The average Bonchev–Trinajstić information content (AvgIpc) is 2.38. The van der Waals surface area contributed by atoms with Gasteiger partial charge in [0.05, 0.1) is 11.1 Å². The first-order valence-corrected chi connectivity index (χ1v) is 7.54. The van der Waals surface area contributed by atoms with Crippen LogP contribution in [0.5, 0.6) is 11.5 Å². The summed E-state index contributed by atoms with van der Waals surface area (Å²) in [4.78, 5) is 4.14. The molecule has 104 valence electrons. The number of nitrogen functional groups attached to an aromatic ring is 1. The van der Waals surface area contributed by atoms with Crippen molar-refractivity contribution in [3.05, 3.63) is 48.3 Å². The zero-order chi connectivity index (χ0) is 14.8. The first kappa shape index (κ1) is 14.0. The quantitative estimate of drug-likeness (QED) is 0.656. The Labute approximate surface area is 116 Å². The molecule has 1 heterocycles. The molecule has 6 nitrogen and oxygen atoms in total. The van der Waals surface area contributed by atoms with E-state index in [1.165, 1.54) is 18.3 Å². The number of sulfone groups is 1. The van der Waals surface area contributed by atoms with E-state index in [1.54, 1.807) is 24.3 Å². The molecule has 1 aromatic carbocycles. The Kier molecular flexibility index (Phi) is 3.71. The van der Waals surface area contributed by atoms with Gasteiger partial charge in [0.25, 0.3) is 0 Å². The second-order valence-corrected chi connectivity index (χ2v) is 6.16. The van der Waals surface area contributed by atoms with E-state index in [1.807, 2.05) is 0 Å². The van der Waals surface area contributed by atoms with Crippen molar-refractivity contribution in [1.82, 2.24) is 4.98 Å². The number of nitrogens with zero attached hydrogens (tertiary/aromatic N) is 1. The number of ether oxygens (including phenoxy) is 1. The largest absolute Gasteiger partial charge is 0.456 e. The maximum Gasteiger partial charge on any atom is 0.175 e. The Morgan fingerprint density at radius 2 is 2.00 bits per heavy atom. The van der Waals surface area contributed by atoms with Crippen molar-refractivity contribution in [3.8, 4) is 11.5 Å². The van der Waals surface area contributed by atoms with Crippen LogP contribution in [-0.2, 0) is 9.84 Å². The fraction of sp³-hybridized carbons (Fsp3) is 0.0769. The van der Waals surface area contributed by atoms with E-state index >= 15 is 0 Å². The Morgan fingerprint density at radius 1 is 1.25 bits per heavy atom. The van der Waals surface area contributed by atoms with Gasteiger partial charge in [0.2, 0.25) is 0 Å². The zero-order valence-corrected chi connectivity index (χ0v) is 11.5. The molecule has 1 aromatic heterocycles. The molecule has 0 radical (unpaired) electrons. The Hall–Kier alpha value is -2.41. The van der Waals surface area contributed by atoms with Crippen molar-refractivity contribution in [2.45, 2.75) is 4.90 Å². The Bertz CT molecular complexity index is 740. The van der Waals surface area contributed by atoms with Crippen molar-refractivity contribution in [2.75, 3.05) is 6.26 Å². The standard InChI is InChI=1S/C13H13N3O3S/c1-20(17,18)11-4-2-3-9(7-11)19-10-5-6-12(13(14)15)16-8-10/h2-8H,1H3,(H3,14,15). The summed E-state index contributed by atoms with van der Waals surface area (Å²) in [7, 11) is -3.28. The van der Waals surface area contributed by atoms with Gasteiger partial charge in [-0.1, -0.05) is 6.07 Å². The third-order valence-corrected chi connectivity index (χ3v) is 3.59. The van der Waals surface area contributed by atoms with Gasteiger partial charge < -0.3 is 10.5 Å². The predicted molar refractivity (Wildman–Crippen MR) is 74.9 cm³/mol. The van der Waals surface area contributed by atoms with E-state index in [-0.39, 0.29) is 10.7 Å². The minimum absolute atomic E-state index is 0.129. The van der Waals surface area contributed by atoms with Crippen LogP contribution in [0.1, 0.15) is 5.69 Å². The highest BCUT2D eigenvalue weighted by Crippen LogP contribution is 2.23. The van der Waals surface area contributed by atoms with Crippen LogP contribution in [0.2, 0.25) is 0 Å². The zero-order valence-electron chi connectivity index (χ0n) is 10.7. The minimum Gasteiger partial charge on any atom is -0.456 e. The lowest BCUT2D eigenvalue weighted by Crippen LogP contribution is -2.12. The van der Waals surface area contributed by atoms with Gasteiger partial charge in [-0.3, -0.25) is 5.41 Å². The molecule has 0 saturated carbocycles. The summed E-state index contributed by atoms with van der Waals surface area (Å²) in [6.07, 6.45) is 2.55. The molecule has 0 bridgehead atoms. The van der Waals surface area contributed by atoms with Crippen LogP contribution in [0.4, 0.5) is 0 Å². The van der Waals surface area contributed by atoms with Crippen molar-refractivity contribution in [1.29, 1.82) is 5.41 Å². The van der Waals surface area contributed by atoms with Crippen molar-refractivity contribution in [3.63, 3.8) is 0 Å². The summed E-state index contributed by atoms with van der Waals surface area (Å²) in [5.41, 5.74) is 5.65. The van der Waals surface area contributed by atoms with Gasteiger partial charge in [-0.05, 0) is 30.3 Å². The molecule has 0 atom stereocenters. The number of aromatic nitrogens is 1. The molecule has 0 aliphatic carbocycles. The van der Waals surface area contributed by atoms with E-state index < -0.39 is 9.84 Å². The Balaban J connectivity index is 2.24. The molecular formula is C13H13N3O3S. The molecule has 0 fully saturated rings. The summed E-state index contributed by atoms with van der Waals surface area (Å²) in [5.74, 6) is 0.696. The number of benzene rings is 1. The van der Waals surface area contributed by atoms with Gasteiger partial charge in [0.1, 0.15) is 23.0 Å². The molecule has 7 heteroatoms. The maximum atomic E-state index is 11.5. The van der Waals surface area contributed by atoms with Crippen LogP contribution >= 0.6 is 0 Å². The van der Waals surface area contributed by atoms with Gasteiger partial charge in [0, 0.05) is 6.26 Å². The first-order valence-electron chi connectivity index (χ1n) is 5.65. The molecular weight excluding hydrogens is 278 g/mol. The average molecular weight is 291 g/mol. The third-order valence-electron chi connectivity index (χ3n) is 2.48. The molecule has 0 amide bonds. The van der Waals surface area contributed by atoms with Crippen LogP contribution in [0.25, 0.3) is 0 Å². The monoisotopic (exact) mass is 291 g/mol. The van der Waals surface area contributed by atoms with Crippen molar-refractivity contribution >= 4 is 15.7 Å². The molecule has 3 N–H and O–H groups in total. The normalized spacial score (nSPS) is 11.1.